The molecule has 0 bridgehead atoms. The average Bonchev–Trinajstić information content (AvgIpc) is 2.83. The maximum absolute atomic E-state index is 10.0. The van der Waals surface area contributed by atoms with E-state index in [4.69, 9.17) is 9.47 Å². The molecule has 1 aromatic carbocycles. The Balaban J connectivity index is 1.91. The van der Waals surface area contributed by atoms with E-state index in [0.29, 0.717) is 19.6 Å². The van der Waals surface area contributed by atoms with Gasteiger partial charge in [0.15, 0.2) is 6.29 Å². The average molecular weight is 236 g/mol. The summed E-state index contributed by atoms with van der Waals surface area (Å²) in [5, 5.41) is 10.0. The maximum Gasteiger partial charge on any atom is 0.160 e. The van der Waals surface area contributed by atoms with Gasteiger partial charge in [-0.1, -0.05) is 37.6 Å². The normalized spacial score (nSPS) is 18.5. The van der Waals surface area contributed by atoms with E-state index in [0.717, 1.165) is 18.4 Å². The Morgan fingerprint density at radius 1 is 1.24 bits per heavy atom. The Labute approximate surface area is 102 Å². The summed E-state index contributed by atoms with van der Waals surface area (Å²) in [6.45, 7) is 3.43. The Bertz CT molecular complexity index is 328. The van der Waals surface area contributed by atoms with Crippen LogP contribution in [0.2, 0.25) is 0 Å². The highest BCUT2D eigenvalue weighted by molar-refractivity contribution is 5.24. The van der Waals surface area contributed by atoms with Gasteiger partial charge in [0.2, 0.25) is 0 Å². The predicted molar refractivity (Wildman–Crippen MR) is 65.7 cm³/mol. The molecule has 3 heteroatoms. The fourth-order valence-electron chi connectivity index (χ4n) is 2.06. The molecule has 1 unspecified atom stereocenters. The van der Waals surface area contributed by atoms with E-state index in [1.807, 2.05) is 12.1 Å². The molecule has 1 saturated heterocycles. The van der Waals surface area contributed by atoms with Crippen molar-refractivity contribution in [2.45, 2.75) is 38.6 Å². The van der Waals surface area contributed by atoms with E-state index in [2.05, 4.69) is 19.1 Å². The molecule has 1 N–H and O–H groups in total. The van der Waals surface area contributed by atoms with Gasteiger partial charge in [-0.3, -0.25) is 0 Å². The second kappa shape index (κ2) is 6.15. The van der Waals surface area contributed by atoms with Gasteiger partial charge in [-0.15, -0.1) is 0 Å². The fraction of sp³-hybridized carbons (Fsp3) is 0.571. The summed E-state index contributed by atoms with van der Waals surface area (Å²) in [6.07, 6.45) is 1.98. The van der Waals surface area contributed by atoms with E-state index >= 15 is 0 Å². The van der Waals surface area contributed by atoms with Gasteiger partial charge in [0.25, 0.3) is 0 Å². The maximum atomic E-state index is 10.0. The number of ether oxygens (including phenoxy) is 2. The van der Waals surface area contributed by atoms with Crippen LogP contribution >= 0.6 is 0 Å². The van der Waals surface area contributed by atoms with Crippen LogP contribution < -0.4 is 0 Å². The van der Waals surface area contributed by atoms with Crippen molar-refractivity contribution in [1.82, 2.24) is 0 Å². The number of benzene rings is 1. The molecule has 0 radical (unpaired) electrons. The first-order valence-electron chi connectivity index (χ1n) is 6.29. The Kier molecular flexibility index (Phi) is 4.54. The molecule has 3 nitrogen and oxygen atoms in total. The summed E-state index contributed by atoms with van der Waals surface area (Å²) in [7, 11) is 0. The second-order valence-corrected chi connectivity index (χ2v) is 4.41. The molecule has 1 aliphatic rings. The molecule has 0 aromatic heterocycles. The van der Waals surface area contributed by atoms with Crippen LogP contribution in [0.25, 0.3) is 0 Å². The highest BCUT2D eigenvalue weighted by Gasteiger charge is 2.20. The summed E-state index contributed by atoms with van der Waals surface area (Å²) in [6, 6.07) is 8.14. The monoisotopic (exact) mass is 236 g/mol. The largest absolute Gasteiger partial charge is 0.388 e. The summed E-state index contributed by atoms with van der Waals surface area (Å²) in [5.74, 6) is 0. The zero-order chi connectivity index (χ0) is 12.1. The van der Waals surface area contributed by atoms with Crippen LogP contribution in [0.3, 0.4) is 0 Å². The molecule has 0 saturated carbocycles. The molecule has 1 atom stereocenters. The van der Waals surface area contributed by atoms with Gasteiger partial charge < -0.3 is 14.6 Å². The first-order valence-corrected chi connectivity index (χ1v) is 6.29. The van der Waals surface area contributed by atoms with E-state index in [-0.39, 0.29) is 6.29 Å². The first kappa shape index (κ1) is 12.6. The van der Waals surface area contributed by atoms with Crippen molar-refractivity contribution in [3.63, 3.8) is 0 Å². The fourth-order valence-corrected chi connectivity index (χ4v) is 2.06. The van der Waals surface area contributed by atoms with Crippen LogP contribution in [0, 0.1) is 0 Å². The lowest BCUT2D eigenvalue weighted by Gasteiger charge is -2.15. The van der Waals surface area contributed by atoms with Crippen LogP contribution in [0.5, 0.6) is 0 Å². The van der Waals surface area contributed by atoms with Crippen LogP contribution in [0.4, 0.5) is 0 Å². The smallest absolute Gasteiger partial charge is 0.160 e. The summed E-state index contributed by atoms with van der Waals surface area (Å²) < 4.78 is 10.7. The van der Waals surface area contributed by atoms with E-state index in [1.165, 1.54) is 5.56 Å². The minimum absolute atomic E-state index is 0.250. The number of aryl methyl sites for hydroxylation is 1. The SMILES string of the molecule is CCCc1ccc(C(O)CC2OCCO2)cc1. The Morgan fingerprint density at radius 3 is 2.47 bits per heavy atom. The molecule has 1 aromatic rings. The molecular formula is C14H20O3. The number of hydrogen-bond acceptors (Lipinski definition) is 3. The van der Waals surface area contributed by atoms with Gasteiger partial charge in [0.05, 0.1) is 19.3 Å². The van der Waals surface area contributed by atoms with Gasteiger partial charge in [0, 0.05) is 6.42 Å². The first-order chi connectivity index (χ1) is 8.29. The molecule has 1 heterocycles. The molecule has 0 aliphatic carbocycles. The van der Waals surface area contributed by atoms with Crippen molar-refractivity contribution in [1.29, 1.82) is 0 Å². The van der Waals surface area contributed by atoms with Crippen LogP contribution in [0.15, 0.2) is 24.3 Å². The molecule has 1 fully saturated rings. The molecule has 0 spiro atoms. The number of rotatable bonds is 5. The third-order valence-corrected chi connectivity index (χ3v) is 3.01. The van der Waals surface area contributed by atoms with Crippen molar-refractivity contribution in [2.24, 2.45) is 0 Å². The van der Waals surface area contributed by atoms with Crippen LogP contribution in [0.1, 0.15) is 37.0 Å². The van der Waals surface area contributed by atoms with Crippen LogP contribution in [-0.2, 0) is 15.9 Å². The van der Waals surface area contributed by atoms with Crippen molar-refractivity contribution >= 4 is 0 Å². The van der Waals surface area contributed by atoms with E-state index in [9.17, 15) is 5.11 Å². The topological polar surface area (TPSA) is 38.7 Å². The number of aliphatic hydroxyl groups is 1. The van der Waals surface area contributed by atoms with Gasteiger partial charge in [-0.2, -0.15) is 0 Å². The molecular weight excluding hydrogens is 216 g/mol. The number of hydrogen-bond donors (Lipinski definition) is 1. The Morgan fingerprint density at radius 2 is 1.88 bits per heavy atom. The van der Waals surface area contributed by atoms with E-state index in [1.54, 1.807) is 0 Å². The highest BCUT2D eigenvalue weighted by Crippen LogP contribution is 2.22. The van der Waals surface area contributed by atoms with Crippen molar-refractivity contribution in [3.8, 4) is 0 Å². The summed E-state index contributed by atoms with van der Waals surface area (Å²) in [5.41, 5.74) is 2.25. The second-order valence-electron chi connectivity index (χ2n) is 4.41. The summed E-state index contributed by atoms with van der Waals surface area (Å²) >= 11 is 0. The molecule has 0 amide bonds. The lowest BCUT2D eigenvalue weighted by molar-refractivity contribution is -0.0707. The molecule has 2 rings (SSSR count). The third-order valence-electron chi connectivity index (χ3n) is 3.01. The third kappa shape index (κ3) is 3.53. The lowest BCUT2D eigenvalue weighted by atomic mass is 10.0. The van der Waals surface area contributed by atoms with Gasteiger partial charge in [-0.05, 0) is 17.5 Å². The zero-order valence-corrected chi connectivity index (χ0v) is 10.3. The van der Waals surface area contributed by atoms with Crippen molar-refractivity contribution < 1.29 is 14.6 Å². The predicted octanol–water partition coefficient (Wildman–Crippen LogP) is 2.44. The molecule has 17 heavy (non-hydrogen) atoms. The quantitative estimate of drug-likeness (QED) is 0.853. The zero-order valence-electron chi connectivity index (χ0n) is 10.3. The minimum Gasteiger partial charge on any atom is -0.388 e. The van der Waals surface area contributed by atoms with Crippen LogP contribution in [-0.4, -0.2) is 24.6 Å². The van der Waals surface area contributed by atoms with Crippen molar-refractivity contribution in [2.75, 3.05) is 13.2 Å². The molecule has 1 aliphatic heterocycles. The van der Waals surface area contributed by atoms with Gasteiger partial charge in [0.1, 0.15) is 0 Å². The van der Waals surface area contributed by atoms with E-state index < -0.39 is 6.10 Å². The lowest BCUT2D eigenvalue weighted by Crippen LogP contribution is -2.13. The summed E-state index contributed by atoms with van der Waals surface area (Å²) in [4.78, 5) is 0. The minimum atomic E-state index is -0.506. The molecule has 94 valence electrons. The Hall–Kier alpha value is -0.900. The van der Waals surface area contributed by atoms with Gasteiger partial charge in [-0.25, -0.2) is 0 Å². The van der Waals surface area contributed by atoms with Crippen molar-refractivity contribution in [3.05, 3.63) is 35.4 Å². The standard InChI is InChI=1S/C14H20O3/c1-2-3-11-4-6-12(7-5-11)13(15)10-14-16-8-9-17-14/h4-7,13-15H,2-3,8-10H2,1H3. The highest BCUT2D eigenvalue weighted by atomic mass is 16.7. The number of aliphatic hydroxyl groups excluding tert-OH is 1. The van der Waals surface area contributed by atoms with Gasteiger partial charge >= 0.3 is 0 Å².